The highest BCUT2D eigenvalue weighted by molar-refractivity contribution is 7.85. The van der Waals surface area contributed by atoms with Crippen molar-refractivity contribution in [3.8, 4) is 17.6 Å². The minimum absolute atomic E-state index is 0.140. The molecule has 0 spiro atoms. The Bertz CT molecular complexity index is 979. The Morgan fingerprint density at radius 3 is 2.39 bits per heavy atom. The maximum absolute atomic E-state index is 12.6. The molecule has 0 saturated heterocycles. The van der Waals surface area contributed by atoms with Crippen LogP contribution in [0.2, 0.25) is 10.0 Å². The van der Waals surface area contributed by atoms with Crippen LogP contribution in [-0.2, 0) is 29.2 Å². The van der Waals surface area contributed by atoms with Crippen LogP contribution in [0.15, 0.2) is 17.0 Å². The molecule has 1 heterocycles. The molecule has 0 fully saturated rings. The molecule has 2 atom stereocenters. The normalized spacial score (nSPS) is 19.1. The van der Waals surface area contributed by atoms with Crippen molar-refractivity contribution >= 4 is 45.2 Å². The second-order valence-corrected chi connectivity index (χ2v) is 8.74. The molecular formula is C19H21Cl2NO8S. The Kier molecular flexibility index (Phi) is 9.12. The average molecular weight is 494 g/mol. The predicted molar refractivity (Wildman–Crippen MR) is 112 cm³/mol. The lowest BCUT2D eigenvalue weighted by molar-refractivity contribution is -0.140. The summed E-state index contributed by atoms with van der Waals surface area (Å²) in [5, 5.41) is -0.564. The van der Waals surface area contributed by atoms with Gasteiger partial charge in [-0.2, -0.15) is 8.42 Å². The van der Waals surface area contributed by atoms with Gasteiger partial charge in [-0.05, 0) is 12.1 Å². The van der Waals surface area contributed by atoms with Crippen LogP contribution < -0.4 is 4.74 Å². The first-order valence-electron chi connectivity index (χ1n) is 9.05. The lowest BCUT2D eigenvalue weighted by Gasteiger charge is -2.30. The lowest BCUT2D eigenvalue weighted by atomic mass is 10.1. The third-order valence-corrected chi connectivity index (χ3v) is 5.82. The highest BCUT2D eigenvalue weighted by Crippen LogP contribution is 2.35. The van der Waals surface area contributed by atoms with Gasteiger partial charge in [0.15, 0.2) is 5.75 Å². The number of carbonyl (C=O) groups is 2. The summed E-state index contributed by atoms with van der Waals surface area (Å²) in [7, 11) is -1.52. The van der Waals surface area contributed by atoms with E-state index in [-0.39, 0.29) is 41.1 Å². The van der Waals surface area contributed by atoms with Crippen LogP contribution in [0.25, 0.3) is 0 Å². The van der Waals surface area contributed by atoms with E-state index >= 15 is 0 Å². The molecule has 0 aromatic heterocycles. The first-order valence-corrected chi connectivity index (χ1v) is 11.3. The van der Waals surface area contributed by atoms with Gasteiger partial charge < -0.3 is 19.1 Å². The van der Waals surface area contributed by atoms with Crippen LogP contribution in [0.4, 0.5) is 0 Å². The monoisotopic (exact) mass is 493 g/mol. The van der Waals surface area contributed by atoms with Gasteiger partial charge in [0.05, 0.1) is 27.9 Å². The molecule has 0 bridgehead atoms. The minimum Gasteiger partial charge on any atom is -0.423 e. The number of rotatable bonds is 7. The number of esters is 1. The fourth-order valence-corrected chi connectivity index (χ4v) is 4.04. The molecule has 170 valence electrons. The van der Waals surface area contributed by atoms with Crippen molar-refractivity contribution in [3.05, 3.63) is 22.2 Å². The Morgan fingerprint density at radius 2 is 1.84 bits per heavy atom. The third kappa shape index (κ3) is 7.07. The number of amides is 1. The molecular weight excluding hydrogens is 473 g/mol. The summed E-state index contributed by atoms with van der Waals surface area (Å²) in [6.07, 6.45) is -0.858. The van der Waals surface area contributed by atoms with E-state index in [1.807, 2.05) is 0 Å². The quantitative estimate of drug-likeness (QED) is 0.265. The zero-order chi connectivity index (χ0) is 23.2. The van der Waals surface area contributed by atoms with Crippen molar-refractivity contribution < 1.29 is 36.8 Å². The Balaban J connectivity index is 2.00. The van der Waals surface area contributed by atoms with Crippen LogP contribution >= 0.6 is 23.2 Å². The molecule has 1 aliphatic heterocycles. The molecule has 1 aliphatic rings. The van der Waals surface area contributed by atoms with Crippen LogP contribution in [0, 0.1) is 11.8 Å². The van der Waals surface area contributed by atoms with Crippen molar-refractivity contribution in [3.63, 3.8) is 0 Å². The van der Waals surface area contributed by atoms with Gasteiger partial charge in [0.25, 0.3) is 10.1 Å². The smallest absolute Gasteiger partial charge is 0.311 e. The molecule has 0 saturated carbocycles. The molecule has 12 heteroatoms. The van der Waals surface area contributed by atoms with Gasteiger partial charge in [-0.3, -0.25) is 14.1 Å². The molecule has 0 radical (unpaired) electrons. The largest absolute Gasteiger partial charge is 0.423 e. The van der Waals surface area contributed by atoms with Gasteiger partial charge >= 0.3 is 5.97 Å². The van der Waals surface area contributed by atoms with Gasteiger partial charge in [0.1, 0.15) is 12.2 Å². The third-order valence-electron chi connectivity index (χ3n) is 4.43. The molecule has 2 rings (SSSR count). The number of ether oxygens (including phenoxy) is 3. The Morgan fingerprint density at radius 1 is 1.19 bits per heavy atom. The van der Waals surface area contributed by atoms with Crippen LogP contribution in [0.1, 0.15) is 19.3 Å². The summed E-state index contributed by atoms with van der Waals surface area (Å²) >= 11 is 11.8. The molecule has 31 heavy (non-hydrogen) atoms. The van der Waals surface area contributed by atoms with E-state index < -0.39 is 33.2 Å². The van der Waals surface area contributed by atoms with E-state index in [1.165, 1.54) is 14.2 Å². The van der Waals surface area contributed by atoms with Crippen molar-refractivity contribution in [2.24, 2.45) is 0 Å². The topological polar surface area (TPSA) is 119 Å². The van der Waals surface area contributed by atoms with E-state index in [0.29, 0.717) is 13.0 Å². The predicted octanol–water partition coefficient (Wildman–Crippen LogP) is 2.19. The molecule has 0 aliphatic carbocycles. The van der Waals surface area contributed by atoms with Gasteiger partial charge in [0.2, 0.25) is 5.91 Å². The molecule has 1 aromatic carbocycles. The van der Waals surface area contributed by atoms with E-state index in [1.54, 1.807) is 4.90 Å². The van der Waals surface area contributed by atoms with E-state index in [0.717, 1.165) is 12.1 Å². The number of nitrogens with zero attached hydrogens (tertiary/aromatic N) is 1. The van der Waals surface area contributed by atoms with Gasteiger partial charge in [-0.1, -0.05) is 35.0 Å². The SMILES string of the molecule is CO[C@@H]1C#CCCN(C(=O)CCC(=O)Oc2c(Cl)cc(S(=O)(=O)O)cc2Cl)C[C@H]1OC. The molecule has 1 amide bonds. The van der Waals surface area contributed by atoms with Gasteiger partial charge in [-0.25, -0.2) is 0 Å². The maximum atomic E-state index is 12.6. The fourth-order valence-electron chi connectivity index (χ4n) is 2.81. The van der Waals surface area contributed by atoms with E-state index in [9.17, 15) is 18.0 Å². The number of hydrogen-bond acceptors (Lipinski definition) is 7. The number of hydrogen-bond donors (Lipinski definition) is 1. The van der Waals surface area contributed by atoms with Gasteiger partial charge in [0, 0.05) is 33.6 Å². The minimum atomic E-state index is -4.53. The number of halogens is 2. The van der Waals surface area contributed by atoms with Gasteiger partial charge in [-0.15, -0.1) is 0 Å². The highest BCUT2D eigenvalue weighted by atomic mass is 35.5. The molecule has 1 N–H and O–H groups in total. The second kappa shape index (κ2) is 11.1. The summed E-state index contributed by atoms with van der Waals surface area (Å²) in [6, 6.07) is 1.80. The molecule has 0 unspecified atom stereocenters. The van der Waals surface area contributed by atoms with Crippen molar-refractivity contribution in [2.75, 3.05) is 27.3 Å². The summed E-state index contributed by atoms with van der Waals surface area (Å²) in [5.74, 6) is 4.53. The summed E-state index contributed by atoms with van der Waals surface area (Å²) in [6.45, 7) is 0.637. The maximum Gasteiger partial charge on any atom is 0.311 e. The number of methoxy groups -OCH3 is 2. The van der Waals surface area contributed by atoms with Crippen molar-refractivity contribution in [1.29, 1.82) is 0 Å². The van der Waals surface area contributed by atoms with E-state index in [4.69, 9.17) is 42.0 Å². The van der Waals surface area contributed by atoms with Crippen LogP contribution in [0.3, 0.4) is 0 Å². The van der Waals surface area contributed by atoms with Crippen molar-refractivity contribution in [2.45, 2.75) is 36.4 Å². The summed E-state index contributed by atoms with van der Waals surface area (Å²) in [4.78, 5) is 25.8. The highest BCUT2D eigenvalue weighted by Gasteiger charge is 2.26. The standard InChI is InChI=1S/C19H21Cl2NO8S/c1-28-15-5-3-4-8-22(11-16(15)29-2)17(23)6-7-18(24)30-19-13(20)9-12(10-14(19)21)31(25,26)27/h9-10,15-16H,4,6-8,11H2,1-2H3,(H,25,26,27)/t15-,16-/m1/s1. The lowest BCUT2D eigenvalue weighted by Crippen LogP contribution is -2.45. The van der Waals surface area contributed by atoms with E-state index in [2.05, 4.69) is 11.8 Å². The van der Waals surface area contributed by atoms with Crippen molar-refractivity contribution in [1.82, 2.24) is 4.90 Å². The zero-order valence-electron chi connectivity index (χ0n) is 16.8. The summed E-state index contributed by atoms with van der Waals surface area (Å²) < 4.78 is 47.2. The molecule has 1 aromatic rings. The average Bonchev–Trinajstić information content (AvgIpc) is 2.68. The number of carbonyl (C=O) groups excluding carboxylic acids is 2. The van der Waals surface area contributed by atoms with Crippen LogP contribution in [-0.4, -0.2) is 69.3 Å². The molecule has 9 nitrogen and oxygen atoms in total. The first-order chi connectivity index (χ1) is 14.6. The van der Waals surface area contributed by atoms with Crippen LogP contribution in [0.5, 0.6) is 5.75 Å². The Labute approximate surface area is 190 Å². The number of benzene rings is 1. The second-order valence-electron chi connectivity index (χ2n) is 6.51. The first kappa shape index (κ1) is 25.4. The fraction of sp³-hybridized carbons (Fsp3) is 0.474. The summed E-state index contributed by atoms with van der Waals surface area (Å²) in [5.41, 5.74) is 0. The Hall–Kier alpha value is -1.87. The zero-order valence-corrected chi connectivity index (χ0v) is 19.1.